The Kier molecular flexibility index (Phi) is 9.91. The number of carbonyl (C=O) groups excluding carboxylic acids is 1. The van der Waals surface area contributed by atoms with Crippen LogP contribution in [0.5, 0.6) is 11.5 Å². The highest BCUT2D eigenvalue weighted by molar-refractivity contribution is 7.99. The van der Waals surface area contributed by atoms with E-state index in [1.54, 1.807) is 26.6 Å². The summed E-state index contributed by atoms with van der Waals surface area (Å²) >= 11 is 13.5. The number of halogens is 2. The first-order valence-corrected chi connectivity index (χ1v) is 13.8. The lowest BCUT2D eigenvalue weighted by molar-refractivity contribution is -0.118. The number of rotatable bonds is 11. The van der Waals surface area contributed by atoms with E-state index in [9.17, 15) is 4.79 Å². The van der Waals surface area contributed by atoms with Crippen LogP contribution in [-0.2, 0) is 11.2 Å². The molecule has 10 heteroatoms. The molecule has 0 bridgehead atoms. The quantitative estimate of drug-likeness (QED) is 0.243. The Morgan fingerprint density at radius 2 is 1.84 bits per heavy atom. The maximum Gasteiger partial charge on any atom is 0.230 e. The van der Waals surface area contributed by atoms with Crippen LogP contribution in [0.3, 0.4) is 0 Å². The summed E-state index contributed by atoms with van der Waals surface area (Å²) in [6, 6.07) is 11.9. The average Bonchev–Trinajstić information content (AvgIpc) is 3.36. The van der Waals surface area contributed by atoms with Gasteiger partial charge < -0.3 is 20.1 Å². The fourth-order valence-corrected chi connectivity index (χ4v) is 5.34. The van der Waals surface area contributed by atoms with Gasteiger partial charge in [0.05, 0.1) is 30.0 Å². The molecule has 2 atom stereocenters. The molecule has 0 saturated carbocycles. The Balaban J connectivity index is 1.16. The van der Waals surface area contributed by atoms with Gasteiger partial charge in [0.15, 0.2) is 16.7 Å². The van der Waals surface area contributed by atoms with E-state index in [1.807, 2.05) is 36.4 Å². The van der Waals surface area contributed by atoms with Gasteiger partial charge in [-0.2, -0.15) is 0 Å². The zero-order chi connectivity index (χ0) is 26.2. The van der Waals surface area contributed by atoms with Gasteiger partial charge in [-0.3, -0.25) is 4.79 Å². The molecule has 2 N–H and O–H groups in total. The minimum Gasteiger partial charge on any atom is -0.493 e. The van der Waals surface area contributed by atoms with Crippen molar-refractivity contribution in [2.75, 3.05) is 33.1 Å². The van der Waals surface area contributed by atoms with Crippen molar-refractivity contribution in [2.24, 2.45) is 5.92 Å². The van der Waals surface area contributed by atoms with Crippen LogP contribution < -0.4 is 20.1 Å². The number of nitrogens with zero attached hydrogens (tertiary/aromatic N) is 2. The van der Waals surface area contributed by atoms with Gasteiger partial charge in [-0.1, -0.05) is 47.1 Å². The number of nitrogens with one attached hydrogen (secondary N) is 2. The molecular weight excluding hydrogens is 531 g/mol. The predicted molar refractivity (Wildman–Crippen MR) is 149 cm³/mol. The standard InChI is InChI=1S/C27H30Cl2N4O3S/c1-35-24-6-4-19(12-25(24)36-2)20-14-32-27(33-15-20)37-16-26(34)30-8-7-21-10-18(13-31-21)9-17-3-5-22(28)23(29)11-17/h3-6,11-12,14-15,18,21,31H,7-10,13,16H2,1-2H3,(H,30,34)/t18-,21-/m0/s1. The van der Waals surface area contributed by atoms with Crippen molar-refractivity contribution in [3.05, 3.63) is 64.4 Å². The smallest absolute Gasteiger partial charge is 0.230 e. The van der Waals surface area contributed by atoms with Crippen LogP contribution in [0.4, 0.5) is 0 Å². The van der Waals surface area contributed by atoms with E-state index >= 15 is 0 Å². The first-order chi connectivity index (χ1) is 17.9. The summed E-state index contributed by atoms with van der Waals surface area (Å²) in [5.74, 6) is 2.10. The Bertz CT molecular complexity index is 1210. The summed E-state index contributed by atoms with van der Waals surface area (Å²) in [4.78, 5) is 21.1. The highest BCUT2D eigenvalue weighted by atomic mass is 35.5. The molecule has 1 aromatic heterocycles. The van der Waals surface area contributed by atoms with Gasteiger partial charge in [-0.15, -0.1) is 0 Å². The minimum absolute atomic E-state index is 0.0251. The van der Waals surface area contributed by atoms with Crippen molar-refractivity contribution in [3.8, 4) is 22.6 Å². The number of hydrogen-bond donors (Lipinski definition) is 2. The number of hydrogen-bond acceptors (Lipinski definition) is 7. The lowest BCUT2D eigenvalue weighted by Gasteiger charge is -2.12. The monoisotopic (exact) mass is 560 g/mol. The van der Waals surface area contributed by atoms with Crippen molar-refractivity contribution >= 4 is 40.9 Å². The molecule has 37 heavy (non-hydrogen) atoms. The molecule has 0 radical (unpaired) electrons. The third-order valence-corrected chi connectivity index (χ3v) is 7.93. The first-order valence-electron chi connectivity index (χ1n) is 12.1. The summed E-state index contributed by atoms with van der Waals surface area (Å²) in [7, 11) is 3.20. The number of thioether (sulfide) groups is 1. The zero-order valence-corrected chi connectivity index (χ0v) is 23.1. The van der Waals surface area contributed by atoms with E-state index < -0.39 is 0 Å². The summed E-state index contributed by atoms with van der Waals surface area (Å²) in [6.07, 6.45) is 6.42. The summed E-state index contributed by atoms with van der Waals surface area (Å²) in [5.41, 5.74) is 2.98. The van der Waals surface area contributed by atoms with Crippen molar-refractivity contribution in [3.63, 3.8) is 0 Å². The maximum atomic E-state index is 12.3. The Morgan fingerprint density at radius 1 is 1.05 bits per heavy atom. The van der Waals surface area contributed by atoms with Crippen LogP contribution >= 0.6 is 35.0 Å². The van der Waals surface area contributed by atoms with Crippen LogP contribution in [0.1, 0.15) is 18.4 Å². The summed E-state index contributed by atoms with van der Waals surface area (Å²) < 4.78 is 10.6. The Hall–Kier alpha value is -2.52. The van der Waals surface area contributed by atoms with Gasteiger partial charge in [0.2, 0.25) is 5.91 Å². The van der Waals surface area contributed by atoms with Gasteiger partial charge >= 0.3 is 0 Å². The second-order valence-corrected chi connectivity index (χ2v) is 10.7. The lowest BCUT2D eigenvalue weighted by atomic mass is 9.96. The Labute approximate surface area is 231 Å². The molecule has 3 aromatic rings. The number of amides is 1. The second kappa shape index (κ2) is 13.3. The number of methoxy groups -OCH3 is 2. The van der Waals surface area contributed by atoms with Crippen molar-refractivity contribution in [1.82, 2.24) is 20.6 Å². The van der Waals surface area contributed by atoms with E-state index in [2.05, 4.69) is 20.6 Å². The average molecular weight is 562 g/mol. The minimum atomic E-state index is -0.0251. The molecule has 1 saturated heterocycles. The maximum absolute atomic E-state index is 12.3. The molecule has 2 aromatic carbocycles. The lowest BCUT2D eigenvalue weighted by Crippen LogP contribution is -2.31. The fourth-order valence-electron chi connectivity index (χ4n) is 4.40. The third kappa shape index (κ3) is 7.74. The zero-order valence-electron chi connectivity index (χ0n) is 20.8. The molecule has 4 rings (SSSR count). The van der Waals surface area contributed by atoms with Crippen LogP contribution in [-0.4, -0.2) is 55.0 Å². The Morgan fingerprint density at radius 3 is 2.57 bits per heavy atom. The van der Waals surface area contributed by atoms with Gasteiger partial charge in [0.1, 0.15) is 0 Å². The number of ether oxygens (including phenoxy) is 2. The highest BCUT2D eigenvalue weighted by Gasteiger charge is 2.24. The van der Waals surface area contributed by atoms with Crippen LogP contribution in [0.15, 0.2) is 53.9 Å². The molecule has 7 nitrogen and oxygen atoms in total. The molecule has 1 amide bonds. The molecular formula is C27H30Cl2N4O3S. The number of aromatic nitrogens is 2. The SMILES string of the molecule is COc1ccc(-c2cnc(SCC(=O)NCC[C@H]3C[C@H](Cc4ccc(Cl)c(Cl)c4)CN3)nc2)cc1OC. The molecule has 0 unspecified atom stereocenters. The second-order valence-electron chi connectivity index (χ2n) is 8.91. The van der Waals surface area contributed by atoms with Gasteiger partial charge in [0, 0.05) is 30.5 Å². The molecule has 1 fully saturated rings. The van der Waals surface area contributed by atoms with Crippen molar-refractivity contribution in [1.29, 1.82) is 0 Å². The largest absolute Gasteiger partial charge is 0.493 e. The predicted octanol–water partition coefficient (Wildman–Crippen LogP) is 5.29. The van der Waals surface area contributed by atoms with E-state index in [0.717, 1.165) is 36.9 Å². The normalized spacial score (nSPS) is 17.0. The molecule has 1 aliphatic rings. The van der Waals surface area contributed by atoms with Gasteiger partial charge in [-0.05, 0) is 67.1 Å². The summed E-state index contributed by atoms with van der Waals surface area (Å²) in [5, 5.41) is 8.31. The first kappa shape index (κ1) is 27.5. The number of carbonyl (C=O) groups is 1. The van der Waals surface area contributed by atoms with Crippen LogP contribution in [0.2, 0.25) is 10.0 Å². The molecule has 0 spiro atoms. The number of benzene rings is 2. The van der Waals surface area contributed by atoms with Crippen LogP contribution in [0, 0.1) is 5.92 Å². The molecule has 2 heterocycles. The summed E-state index contributed by atoms with van der Waals surface area (Å²) in [6.45, 7) is 1.60. The van der Waals surface area contributed by atoms with E-state index in [4.69, 9.17) is 32.7 Å². The van der Waals surface area contributed by atoms with E-state index in [-0.39, 0.29) is 11.7 Å². The van der Waals surface area contributed by atoms with E-state index in [0.29, 0.717) is 45.2 Å². The topological polar surface area (TPSA) is 85.4 Å². The molecule has 0 aliphatic carbocycles. The van der Waals surface area contributed by atoms with Gasteiger partial charge in [0.25, 0.3) is 0 Å². The third-order valence-electron chi connectivity index (χ3n) is 6.31. The van der Waals surface area contributed by atoms with Gasteiger partial charge in [-0.25, -0.2) is 9.97 Å². The van der Waals surface area contributed by atoms with Crippen LogP contribution in [0.25, 0.3) is 11.1 Å². The van der Waals surface area contributed by atoms with Crippen molar-refractivity contribution < 1.29 is 14.3 Å². The van der Waals surface area contributed by atoms with Crippen molar-refractivity contribution in [2.45, 2.75) is 30.5 Å². The molecule has 196 valence electrons. The van der Waals surface area contributed by atoms with E-state index in [1.165, 1.54) is 17.3 Å². The molecule has 1 aliphatic heterocycles. The highest BCUT2D eigenvalue weighted by Crippen LogP contribution is 2.32. The fraction of sp³-hybridized carbons (Fsp3) is 0.370.